The monoisotopic (exact) mass is 618 g/mol. The lowest BCUT2D eigenvalue weighted by Gasteiger charge is -2.48. The molecule has 2 saturated heterocycles. The van der Waals surface area contributed by atoms with Crippen LogP contribution < -0.4 is 0 Å². The molecule has 5 atom stereocenters. The Morgan fingerprint density at radius 2 is 1.43 bits per heavy atom. The maximum absolute atomic E-state index is 12.9. The summed E-state index contributed by atoms with van der Waals surface area (Å²) >= 11 is 3.36. The van der Waals surface area contributed by atoms with E-state index in [1.807, 2.05) is 30.3 Å². The van der Waals surface area contributed by atoms with E-state index in [1.54, 1.807) is 0 Å². The van der Waals surface area contributed by atoms with Crippen LogP contribution in [0.25, 0.3) is 0 Å². The molecule has 0 aliphatic carbocycles. The minimum atomic E-state index is -3.03. The van der Waals surface area contributed by atoms with E-state index in [2.05, 4.69) is 71.3 Å². The fourth-order valence-electron chi connectivity index (χ4n) is 5.37. The van der Waals surface area contributed by atoms with Crippen LogP contribution in [0, 0.1) is 0 Å². The van der Waals surface area contributed by atoms with Gasteiger partial charge in [-0.2, -0.15) is 0 Å². The van der Waals surface area contributed by atoms with E-state index < -0.39 is 52.2 Å². The molecule has 1 aromatic carbocycles. The van der Waals surface area contributed by atoms with E-state index in [0.29, 0.717) is 0 Å². The van der Waals surface area contributed by atoms with Crippen LogP contribution in [0.2, 0.25) is 22.2 Å². The number of hydrogen-bond acceptors (Lipinski definition) is 8. The molecule has 0 saturated carbocycles. The number of aliphatic hydroxyl groups excluding tert-OH is 1. The molecule has 3 rings (SSSR count). The Morgan fingerprint density at radius 3 is 1.89 bits per heavy atom. The highest BCUT2D eigenvalue weighted by atomic mass is 79.9. The van der Waals surface area contributed by atoms with Gasteiger partial charge >= 0.3 is 23.1 Å². The number of halogens is 1. The average Bonchev–Trinajstić information content (AvgIpc) is 3.03. The van der Waals surface area contributed by atoms with Gasteiger partial charge in [0.1, 0.15) is 18.3 Å². The number of carbonyl (C=O) groups is 1. The second-order valence-electron chi connectivity index (χ2n) is 11.2. The van der Waals surface area contributed by atoms with Crippen LogP contribution in [0.4, 0.5) is 0 Å². The largest absolute Gasteiger partial charge is 0.466 e. The van der Waals surface area contributed by atoms with Crippen LogP contribution in [-0.2, 0) is 38.6 Å². The molecule has 210 valence electrons. The summed E-state index contributed by atoms with van der Waals surface area (Å²) in [5.74, 6) is -0.780. The third-order valence-corrected chi connectivity index (χ3v) is 18.7. The van der Waals surface area contributed by atoms with Crippen molar-refractivity contribution in [2.24, 2.45) is 0 Å². The van der Waals surface area contributed by atoms with Crippen LogP contribution in [0.3, 0.4) is 0 Å². The number of methoxy groups -OCH3 is 1. The number of alkyl halides is 1. The molecular weight excluding hydrogens is 576 g/mol. The van der Waals surface area contributed by atoms with Crippen molar-refractivity contribution in [1.29, 1.82) is 0 Å². The predicted molar refractivity (Wildman–Crippen MR) is 149 cm³/mol. The number of benzene rings is 1. The number of rotatable bonds is 8. The molecule has 1 N–H and O–H groups in total. The van der Waals surface area contributed by atoms with E-state index in [0.717, 1.165) is 5.56 Å². The van der Waals surface area contributed by atoms with Gasteiger partial charge in [-0.25, -0.2) is 4.79 Å². The van der Waals surface area contributed by atoms with Gasteiger partial charge in [0.15, 0.2) is 6.29 Å². The van der Waals surface area contributed by atoms with Crippen LogP contribution in [0.15, 0.2) is 30.3 Å². The number of fused-ring (bicyclic) bond motifs is 1. The molecule has 2 heterocycles. The van der Waals surface area contributed by atoms with Gasteiger partial charge in [0.25, 0.3) is 4.51 Å². The molecule has 1 aromatic rings. The van der Waals surface area contributed by atoms with Crippen molar-refractivity contribution in [3.05, 3.63) is 35.9 Å². The first-order valence-electron chi connectivity index (χ1n) is 13.1. The standard InChI is InChI=1S/C26H43BrO8Si2/c1-16(2)36(17(3)4)33-21-22(34-37(35-36,18(5)6)19(7)8)24(31-15-20-13-11-10-12-14-20)32-26(27,23(21)28)25(29)30-9/h10-14,16-19,21-24,28H,15H2,1-9H3/t21-,22-,23+,24-,26+/m1/s1. The smallest absolute Gasteiger partial charge is 0.352 e. The lowest BCUT2D eigenvalue weighted by molar-refractivity contribution is -0.298. The third-order valence-electron chi connectivity index (χ3n) is 7.47. The van der Waals surface area contributed by atoms with Crippen molar-refractivity contribution in [3.8, 4) is 0 Å². The first-order chi connectivity index (χ1) is 17.2. The summed E-state index contributed by atoms with van der Waals surface area (Å²) in [6.07, 6.45) is -4.24. The van der Waals surface area contributed by atoms with Crippen molar-refractivity contribution < 1.29 is 37.1 Å². The number of esters is 1. The molecule has 37 heavy (non-hydrogen) atoms. The van der Waals surface area contributed by atoms with Crippen molar-refractivity contribution in [2.75, 3.05) is 7.11 Å². The Bertz CT molecular complexity index is 899. The molecule has 0 unspecified atom stereocenters. The van der Waals surface area contributed by atoms with E-state index in [1.165, 1.54) is 7.11 Å². The van der Waals surface area contributed by atoms with Gasteiger partial charge in [-0.1, -0.05) is 85.7 Å². The predicted octanol–water partition coefficient (Wildman–Crippen LogP) is 5.51. The van der Waals surface area contributed by atoms with Crippen LogP contribution in [0.1, 0.15) is 61.0 Å². The van der Waals surface area contributed by atoms with Gasteiger partial charge < -0.3 is 32.3 Å². The molecule has 2 fully saturated rings. The quantitative estimate of drug-likeness (QED) is 0.232. The zero-order valence-electron chi connectivity index (χ0n) is 23.4. The van der Waals surface area contributed by atoms with Gasteiger partial charge in [0.05, 0.1) is 13.7 Å². The molecule has 0 aromatic heterocycles. The maximum Gasteiger partial charge on any atom is 0.352 e. The molecule has 0 spiro atoms. The Kier molecular flexibility index (Phi) is 9.90. The zero-order valence-corrected chi connectivity index (χ0v) is 27.0. The molecular formula is C26H43BrO8Si2. The summed E-state index contributed by atoms with van der Waals surface area (Å²) in [4.78, 5) is 12.9. The van der Waals surface area contributed by atoms with Gasteiger partial charge in [0.2, 0.25) is 0 Å². The topological polar surface area (TPSA) is 92.7 Å². The minimum absolute atomic E-state index is 0.0563. The first-order valence-corrected chi connectivity index (χ1v) is 17.8. The Labute approximate surface area is 231 Å². The molecule has 0 bridgehead atoms. The number of carbonyl (C=O) groups excluding carboxylic acids is 1. The summed E-state index contributed by atoms with van der Waals surface area (Å²) in [5, 5.41) is 11.6. The molecule has 0 radical (unpaired) electrons. The highest BCUT2D eigenvalue weighted by Crippen LogP contribution is 2.51. The normalized spacial score (nSPS) is 31.4. The minimum Gasteiger partial charge on any atom is -0.466 e. The van der Waals surface area contributed by atoms with Gasteiger partial charge in [-0.3, -0.25) is 0 Å². The number of ether oxygens (including phenoxy) is 3. The van der Waals surface area contributed by atoms with Crippen LogP contribution in [0.5, 0.6) is 0 Å². The lowest BCUT2D eigenvalue weighted by Crippen LogP contribution is -2.68. The van der Waals surface area contributed by atoms with Crippen LogP contribution in [-0.4, -0.2) is 64.4 Å². The van der Waals surface area contributed by atoms with Crippen molar-refractivity contribution in [3.63, 3.8) is 0 Å². The molecule has 0 amide bonds. The summed E-state index contributed by atoms with van der Waals surface area (Å²) in [6.45, 7) is 17.1. The molecule has 8 nitrogen and oxygen atoms in total. The number of hydrogen-bond donors (Lipinski definition) is 1. The fraction of sp³-hybridized carbons (Fsp3) is 0.731. The summed E-state index contributed by atoms with van der Waals surface area (Å²) in [6, 6.07) is 9.68. The average molecular weight is 620 g/mol. The Hall–Kier alpha value is -0.636. The van der Waals surface area contributed by atoms with Crippen molar-refractivity contribution in [1.82, 2.24) is 0 Å². The summed E-state index contributed by atoms with van der Waals surface area (Å²) in [5.41, 5.74) is 1.22. The van der Waals surface area contributed by atoms with Gasteiger partial charge in [-0.15, -0.1) is 0 Å². The van der Waals surface area contributed by atoms with Crippen molar-refractivity contribution >= 4 is 39.0 Å². The maximum atomic E-state index is 12.9. The Morgan fingerprint density at radius 1 is 0.946 bits per heavy atom. The fourth-order valence-corrected chi connectivity index (χ4v) is 17.2. The molecule has 2 aliphatic heterocycles. The highest BCUT2D eigenvalue weighted by molar-refractivity contribution is 9.10. The van der Waals surface area contributed by atoms with E-state index >= 15 is 0 Å². The van der Waals surface area contributed by atoms with Crippen molar-refractivity contribution in [2.45, 2.75) is 113 Å². The van der Waals surface area contributed by atoms with Gasteiger partial charge in [-0.05, 0) is 43.7 Å². The summed E-state index contributed by atoms with van der Waals surface area (Å²) in [7, 11) is -4.77. The lowest BCUT2D eigenvalue weighted by atomic mass is 9.98. The highest BCUT2D eigenvalue weighted by Gasteiger charge is 2.68. The van der Waals surface area contributed by atoms with E-state index in [9.17, 15) is 9.90 Å². The van der Waals surface area contributed by atoms with Crippen LogP contribution >= 0.6 is 15.9 Å². The second kappa shape index (κ2) is 11.8. The summed E-state index contributed by atoms with van der Waals surface area (Å²) < 4.78 is 36.7. The third kappa shape index (κ3) is 5.66. The molecule has 11 heteroatoms. The van der Waals surface area contributed by atoms with E-state index in [-0.39, 0.29) is 28.8 Å². The Balaban J connectivity index is 2.17. The van der Waals surface area contributed by atoms with E-state index in [4.69, 9.17) is 27.2 Å². The number of aliphatic hydroxyl groups is 1. The first kappa shape index (κ1) is 30.9. The molecule has 2 aliphatic rings. The second-order valence-corrected chi connectivity index (χ2v) is 21.2. The zero-order chi connectivity index (χ0) is 27.8. The SMILES string of the molecule is COC(=O)[C@@]1(Br)O[C@@H](OCc2ccccc2)[C@@H]2O[Si](C(C)C)(C(C)C)O[Si](C(C)C)(C(C)C)O[C@H]2[C@@H]1O. The van der Waals surface area contributed by atoms with Gasteiger partial charge in [0, 0.05) is 0 Å².